The summed E-state index contributed by atoms with van der Waals surface area (Å²) in [4.78, 5) is 0. The topological polar surface area (TPSA) is 44.5 Å². The van der Waals surface area contributed by atoms with Gasteiger partial charge in [-0.1, -0.05) is 12.1 Å². The van der Waals surface area contributed by atoms with Gasteiger partial charge in [0.2, 0.25) is 0 Å². The van der Waals surface area contributed by atoms with Crippen molar-refractivity contribution in [2.45, 2.75) is 0 Å². The number of ether oxygens (including phenoxy) is 2. The number of methoxy groups -OCH3 is 2. The number of hydrogen-bond acceptors (Lipinski definition) is 3. The highest BCUT2D eigenvalue weighted by molar-refractivity contribution is 5.75. The summed E-state index contributed by atoms with van der Waals surface area (Å²) in [6.07, 6.45) is 0. The summed E-state index contributed by atoms with van der Waals surface area (Å²) >= 11 is 0. The van der Waals surface area contributed by atoms with Crippen molar-refractivity contribution >= 4 is 5.69 Å². The van der Waals surface area contributed by atoms with Crippen molar-refractivity contribution in [1.82, 2.24) is 0 Å². The van der Waals surface area contributed by atoms with Crippen LogP contribution in [0, 0.1) is 5.82 Å². The fraction of sp³-hybridized carbons (Fsp3) is 0.143. The third kappa shape index (κ3) is 2.09. The van der Waals surface area contributed by atoms with Gasteiger partial charge in [-0.2, -0.15) is 0 Å². The van der Waals surface area contributed by atoms with Gasteiger partial charge in [-0.15, -0.1) is 0 Å². The van der Waals surface area contributed by atoms with E-state index in [4.69, 9.17) is 15.2 Å². The predicted octanol–water partition coefficient (Wildman–Crippen LogP) is 3.09. The molecule has 0 aliphatic carbocycles. The summed E-state index contributed by atoms with van der Waals surface area (Å²) in [5.41, 5.74) is 6.99. The van der Waals surface area contributed by atoms with E-state index in [0.29, 0.717) is 28.3 Å². The summed E-state index contributed by atoms with van der Waals surface area (Å²) < 4.78 is 24.4. The van der Waals surface area contributed by atoms with Crippen molar-refractivity contribution in [1.29, 1.82) is 0 Å². The van der Waals surface area contributed by atoms with E-state index in [2.05, 4.69) is 0 Å². The average molecular weight is 247 g/mol. The van der Waals surface area contributed by atoms with Crippen molar-refractivity contribution in [3.8, 4) is 22.6 Å². The molecule has 0 heterocycles. The van der Waals surface area contributed by atoms with Crippen LogP contribution >= 0.6 is 0 Å². The Morgan fingerprint density at radius 2 is 1.78 bits per heavy atom. The van der Waals surface area contributed by atoms with Gasteiger partial charge in [-0.3, -0.25) is 0 Å². The van der Waals surface area contributed by atoms with Gasteiger partial charge in [0.05, 0.1) is 14.2 Å². The van der Waals surface area contributed by atoms with Gasteiger partial charge in [0.1, 0.15) is 5.82 Å². The molecule has 4 heteroatoms. The lowest BCUT2D eigenvalue weighted by atomic mass is 10.0. The molecule has 0 aromatic heterocycles. The van der Waals surface area contributed by atoms with E-state index in [1.807, 2.05) is 0 Å². The van der Waals surface area contributed by atoms with Crippen LogP contribution in [0.5, 0.6) is 11.5 Å². The number of halogens is 1. The van der Waals surface area contributed by atoms with E-state index in [1.165, 1.54) is 13.2 Å². The van der Waals surface area contributed by atoms with Crippen molar-refractivity contribution in [2.75, 3.05) is 20.0 Å². The van der Waals surface area contributed by atoms with Crippen LogP contribution in [0.15, 0.2) is 36.4 Å². The SMILES string of the molecule is COc1cccc(-c2ccc(N)cc2F)c1OC. The Bertz CT molecular complexity index is 570. The van der Waals surface area contributed by atoms with Crippen LogP contribution in [0.25, 0.3) is 11.1 Å². The van der Waals surface area contributed by atoms with Gasteiger partial charge >= 0.3 is 0 Å². The molecule has 94 valence electrons. The van der Waals surface area contributed by atoms with E-state index in [0.717, 1.165) is 0 Å². The second kappa shape index (κ2) is 4.96. The zero-order chi connectivity index (χ0) is 13.1. The molecule has 0 aliphatic heterocycles. The first-order valence-electron chi connectivity index (χ1n) is 5.43. The third-order valence-corrected chi connectivity index (χ3v) is 2.69. The highest BCUT2D eigenvalue weighted by Gasteiger charge is 2.14. The maximum absolute atomic E-state index is 13.9. The molecule has 3 nitrogen and oxygen atoms in total. The molecule has 2 rings (SSSR count). The standard InChI is InChI=1S/C14H14FNO2/c1-17-13-5-3-4-11(14(13)18-2)10-7-6-9(16)8-12(10)15/h3-8H,16H2,1-2H3. The first kappa shape index (κ1) is 12.2. The predicted molar refractivity (Wildman–Crippen MR) is 69.4 cm³/mol. The molecule has 0 saturated heterocycles. The van der Waals surface area contributed by atoms with E-state index in [-0.39, 0.29) is 5.82 Å². The van der Waals surface area contributed by atoms with Crippen LogP contribution in [0.3, 0.4) is 0 Å². The lowest BCUT2D eigenvalue weighted by Gasteiger charge is -2.13. The van der Waals surface area contributed by atoms with Gasteiger partial charge in [-0.05, 0) is 24.3 Å². The third-order valence-electron chi connectivity index (χ3n) is 2.69. The van der Waals surface area contributed by atoms with Crippen LogP contribution in [0.2, 0.25) is 0 Å². The largest absolute Gasteiger partial charge is 0.493 e. The van der Waals surface area contributed by atoms with Crippen molar-refractivity contribution in [2.24, 2.45) is 0 Å². The number of para-hydroxylation sites is 1. The molecule has 0 amide bonds. The molecular formula is C14H14FNO2. The lowest BCUT2D eigenvalue weighted by molar-refractivity contribution is 0.356. The number of rotatable bonds is 3. The maximum Gasteiger partial charge on any atom is 0.168 e. The highest BCUT2D eigenvalue weighted by atomic mass is 19.1. The Labute approximate surface area is 105 Å². The van der Waals surface area contributed by atoms with E-state index < -0.39 is 0 Å². The molecular weight excluding hydrogens is 233 g/mol. The molecule has 0 aliphatic rings. The second-order valence-electron chi connectivity index (χ2n) is 3.78. The number of nitrogens with two attached hydrogens (primary N) is 1. The highest BCUT2D eigenvalue weighted by Crippen LogP contribution is 2.38. The Balaban J connectivity index is 2.63. The fourth-order valence-corrected chi connectivity index (χ4v) is 1.85. The van der Waals surface area contributed by atoms with Crippen molar-refractivity contribution in [3.63, 3.8) is 0 Å². The smallest absolute Gasteiger partial charge is 0.168 e. The summed E-state index contributed by atoms with van der Waals surface area (Å²) in [5.74, 6) is 0.677. The van der Waals surface area contributed by atoms with E-state index >= 15 is 0 Å². The zero-order valence-electron chi connectivity index (χ0n) is 10.2. The first-order chi connectivity index (χ1) is 8.67. The zero-order valence-corrected chi connectivity index (χ0v) is 10.2. The molecule has 18 heavy (non-hydrogen) atoms. The monoisotopic (exact) mass is 247 g/mol. The van der Waals surface area contributed by atoms with Crippen LogP contribution in [-0.2, 0) is 0 Å². The normalized spacial score (nSPS) is 10.2. The van der Waals surface area contributed by atoms with Crippen molar-refractivity contribution in [3.05, 3.63) is 42.2 Å². The molecule has 0 unspecified atom stereocenters. The van der Waals surface area contributed by atoms with Gasteiger partial charge in [-0.25, -0.2) is 4.39 Å². The van der Waals surface area contributed by atoms with Gasteiger partial charge in [0.25, 0.3) is 0 Å². The first-order valence-corrected chi connectivity index (χ1v) is 5.43. The van der Waals surface area contributed by atoms with E-state index in [9.17, 15) is 4.39 Å². The summed E-state index contributed by atoms with van der Waals surface area (Å²) in [6.45, 7) is 0. The Hall–Kier alpha value is -2.23. The van der Waals surface area contributed by atoms with Crippen LogP contribution in [0.1, 0.15) is 0 Å². The Morgan fingerprint density at radius 1 is 1.00 bits per heavy atom. The molecule has 2 aromatic carbocycles. The molecule has 0 bridgehead atoms. The fourth-order valence-electron chi connectivity index (χ4n) is 1.85. The van der Waals surface area contributed by atoms with Crippen molar-refractivity contribution < 1.29 is 13.9 Å². The van der Waals surface area contributed by atoms with Crippen LogP contribution in [-0.4, -0.2) is 14.2 Å². The minimum atomic E-state index is -0.387. The average Bonchev–Trinajstić information content (AvgIpc) is 2.37. The summed E-state index contributed by atoms with van der Waals surface area (Å²) in [7, 11) is 3.07. The summed E-state index contributed by atoms with van der Waals surface area (Å²) in [6, 6.07) is 9.88. The number of nitrogen functional groups attached to an aromatic ring is 1. The Morgan fingerprint density at radius 3 is 2.39 bits per heavy atom. The van der Waals surface area contributed by atoms with Crippen LogP contribution in [0.4, 0.5) is 10.1 Å². The van der Waals surface area contributed by atoms with Gasteiger partial charge in [0.15, 0.2) is 11.5 Å². The quantitative estimate of drug-likeness (QED) is 0.848. The minimum Gasteiger partial charge on any atom is -0.493 e. The second-order valence-corrected chi connectivity index (χ2v) is 3.78. The van der Waals surface area contributed by atoms with Gasteiger partial charge in [0, 0.05) is 16.8 Å². The van der Waals surface area contributed by atoms with Crippen LogP contribution < -0.4 is 15.2 Å². The maximum atomic E-state index is 13.9. The number of hydrogen-bond donors (Lipinski definition) is 1. The number of anilines is 1. The minimum absolute atomic E-state index is 0.387. The molecule has 0 radical (unpaired) electrons. The van der Waals surface area contributed by atoms with Gasteiger partial charge < -0.3 is 15.2 Å². The molecule has 0 atom stereocenters. The van der Waals surface area contributed by atoms with E-state index in [1.54, 1.807) is 37.4 Å². The molecule has 0 spiro atoms. The molecule has 0 saturated carbocycles. The molecule has 0 fully saturated rings. The molecule has 2 N–H and O–H groups in total. The molecule has 2 aromatic rings. The Kier molecular flexibility index (Phi) is 3.37. The lowest BCUT2D eigenvalue weighted by Crippen LogP contribution is -1.95. The number of benzene rings is 2. The summed E-state index contributed by atoms with van der Waals surface area (Å²) in [5, 5.41) is 0.